The maximum atomic E-state index is 11.3. The van der Waals surface area contributed by atoms with Gasteiger partial charge < -0.3 is 9.84 Å². The van der Waals surface area contributed by atoms with Crippen molar-refractivity contribution in [3.05, 3.63) is 0 Å². The van der Waals surface area contributed by atoms with Gasteiger partial charge in [-0.25, -0.2) is 4.79 Å². The number of carbonyl (C=O) groups excluding carboxylic acids is 2. The number of hydrogen-bond donors (Lipinski definition) is 1. The molecular weight excluding hydrogens is 339 g/mol. The van der Waals surface area contributed by atoms with Crippen LogP contribution in [0.5, 0.6) is 0 Å². The third-order valence-electron chi connectivity index (χ3n) is 4.54. The first-order valence-corrected chi connectivity index (χ1v) is 10.5. The number of unbranched alkanes of at least 4 members (excludes halogenated alkanes) is 14. The van der Waals surface area contributed by atoms with Gasteiger partial charge in [0.25, 0.3) is 0 Å². The maximum absolute atomic E-state index is 11.3. The summed E-state index contributed by atoms with van der Waals surface area (Å²) in [6.07, 6.45) is 18.2. The second-order valence-electron chi connectivity index (χ2n) is 7.17. The zero-order chi connectivity index (χ0) is 18.8. The number of aliphatic hydroxyl groups excluding tert-OH is 1. The predicted molar refractivity (Wildman–Crippen MR) is 109 cm³/mol. The number of rotatable bonds is 17. The molecule has 0 fully saturated rings. The topological polar surface area (TPSA) is 63.6 Å². The van der Waals surface area contributed by atoms with E-state index in [0.717, 1.165) is 19.3 Å². The van der Waals surface area contributed by atoms with Crippen molar-refractivity contribution in [3.8, 4) is 0 Å². The van der Waals surface area contributed by atoms with Gasteiger partial charge in [-0.2, -0.15) is 0 Å². The third-order valence-corrected chi connectivity index (χ3v) is 4.54. The molecule has 26 heavy (non-hydrogen) atoms. The molecule has 0 bridgehead atoms. The minimum atomic E-state index is -1.23. The van der Waals surface area contributed by atoms with Crippen LogP contribution in [-0.4, -0.2) is 52.7 Å². The summed E-state index contributed by atoms with van der Waals surface area (Å²) in [5.41, 5.74) is 0. The van der Waals surface area contributed by atoms with Crippen LogP contribution in [0.15, 0.2) is 0 Å². The molecule has 0 saturated carbocycles. The molecule has 0 heterocycles. The van der Waals surface area contributed by atoms with Crippen LogP contribution in [0.4, 0.5) is 0 Å². The molecule has 1 N–H and O–H groups in total. The molecule has 5 heteroatoms. The molecule has 0 spiro atoms. The van der Waals surface area contributed by atoms with Crippen molar-refractivity contribution < 1.29 is 19.4 Å². The van der Waals surface area contributed by atoms with E-state index in [2.05, 4.69) is 11.7 Å². The van der Waals surface area contributed by atoms with E-state index in [-0.39, 0.29) is 36.0 Å². The summed E-state index contributed by atoms with van der Waals surface area (Å²) in [5.74, 6) is -1.38. The number of esters is 2. The van der Waals surface area contributed by atoms with E-state index < -0.39 is 18.0 Å². The second kappa shape index (κ2) is 21.4. The summed E-state index contributed by atoms with van der Waals surface area (Å²) in [6.45, 7) is 3.55. The van der Waals surface area contributed by atoms with Crippen LogP contribution in [0.1, 0.15) is 117 Å². The van der Waals surface area contributed by atoms with Gasteiger partial charge in [0.15, 0.2) is 0 Å². The molecule has 0 amide bonds. The molecule has 1 atom stereocenters. The molecule has 0 rings (SSSR count). The molecule has 4 nitrogen and oxygen atoms in total. The Balaban J connectivity index is 0. The first-order valence-electron chi connectivity index (χ1n) is 10.5. The molecule has 0 aliphatic rings. The number of hydrogen-bond acceptors (Lipinski definition) is 4. The van der Waals surface area contributed by atoms with E-state index in [1.807, 2.05) is 0 Å². The van der Waals surface area contributed by atoms with Crippen molar-refractivity contribution in [2.75, 3.05) is 0 Å². The van der Waals surface area contributed by atoms with Crippen molar-refractivity contribution in [2.45, 2.75) is 123 Å². The normalized spacial score (nSPS) is 11.7. The van der Waals surface area contributed by atoms with Gasteiger partial charge >= 0.3 is 41.5 Å². The Kier molecular flexibility index (Phi) is 23.3. The zero-order valence-electron chi connectivity index (χ0n) is 16.6. The first-order chi connectivity index (χ1) is 12.1. The molecule has 0 aliphatic carbocycles. The van der Waals surface area contributed by atoms with E-state index in [0.29, 0.717) is 0 Å². The van der Waals surface area contributed by atoms with Gasteiger partial charge in [0.05, 0.1) is 0 Å². The molecule has 0 aromatic rings. The molecule has 0 aromatic heterocycles. The summed E-state index contributed by atoms with van der Waals surface area (Å²) in [4.78, 5) is 22.4. The van der Waals surface area contributed by atoms with Crippen molar-refractivity contribution in [1.82, 2.24) is 0 Å². The van der Waals surface area contributed by atoms with Gasteiger partial charge in [-0.3, -0.25) is 4.79 Å². The summed E-state index contributed by atoms with van der Waals surface area (Å²) in [5, 5.41) is 8.95. The fourth-order valence-electron chi connectivity index (χ4n) is 2.89. The average molecular weight is 381 g/mol. The van der Waals surface area contributed by atoms with E-state index in [9.17, 15) is 9.59 Å². The van der Waals surface area contributed by atoms with Crippen molar-refractivity contribution in [2.24, 2.45) is 0 Å². The standard InChI is InChI=1S/C21H40O4.Na.H/c1-3-4-5-6-7-8-9-10-11-12-13-14-15-16-17-18-20(23)25-21(24)19(2)22;;/h19,22H,3-18H2,1-2H3;;. The van der Waals surface area contributed by atoms with Crippen molar-refractivity contribution in [1.29, 1.82) is 0 Å². The average Bonchev–Trinajstić information content (AvgIpc) is 2.58. The monoisotopic (exact) mass is 380 g/mol. The fourth-order valence-corrected chi connectivity index (χ4v) is 2.89. The van der Waals surface area contributed by atoms with E-state index in [4.69, 9.17) is 5.11 Å². The number of aliphatic hydroxyl groups is 1. The summed E-state index contributed by atoms with van der Waals surface area (Å²) >= 11 is 0. The second-order valence-corrected chi connectivity index (χ2v) is 7.17. The van der Waals surface area contributed by atoms with Gasteiger partial charge in [0, 0.05) is 6.42 Å². The fraction of sp³-hybridized carbons (Fsp3) is 0.905. The summed E-state index contributed by atoms with van der Waals surface area (Å²) in [7, 11) is 0. The summed E-state index contributed by atoms with van der Waals surface area (Å²) in [6, 6.07) is 0. The van der Waals surface area contributed by atoms with Gasteiger partial charge in [-0.1, -0.05) is 96.8 Å². The Bertz CT molecular complexity index is 332. The van der Waals surface area contributed by atoms with Crippen LogP contribution in [0.25, 0.3) is 0 Å². The van der Waals surface area contributed by atoms with Crippen LogP contribution in [0.3, 0.4) is 0 Å². The van der Waals surface area contributed by atoms with Crippen LogP contribution in [0.2, 0.25) is 0 Å². The van der Waals surface area contributed by atoms with Gasteiger partial charge in [0.1, 0.15) is 6.10 Å². The van der Waals surface area contributed by atoms with Crippen molar-refractivity contribution >= 4 is 41.5 Å². The Morgan fingerprint density at radius 2 is 1.08 bits per heavy atom. The van der Waals surface area contributed by atoms with Crippen LogP contribution in [0, 0.1) is 0 Å². The Labute approximate surface area is 183 Å². The molecule has 0 aromatic carbocycles. The van der Waals surface area contributed by atoms with E-state index in [1.165, 1.54) is 84.0 Å². The van der Waals surface area contributed by atoms with Gasteiger partial charge in [0.2, 0.25) is 0 Å². The minimum absolute atomic E-state index is 0. The van der Waals surface area contributed by atoms with Crippen LogP contribution < -0.4 is 0 Å². The van der Waals surface area contributed by atoms with E-state index in [1.54, 1.807) is 0 Å². The summed E-state index contributed by atoms with van der Waals surface area (Å²) < 4.78 is 4.50. The molecule has 1 unspecified atom stereocenters. The molecule has 0 saturated heterocycles. The Morgan fingerprint density at radius 1 is 0.731 bits per heavy atom. The molecule has 0 aliphatic heterocycles. The third kappa shape index (κ3) is 20.4. The molecule has 0 radical (unpaired) electrons. The molecular formula is C21H41NaO4. The Morgan fingerprint density at radius 3 is 1.42 bits per heavy atom. The number of carbonyl (C=O) groups is 2. The SMILES string of the molecule is CCCCCCCCCCCCCCCCCC(=O)OC(=O)C(C)O.[NaH]. The predicted octanol–water partition coefficient (Wildman–Crippen LogP) is 5.05. The first kappa shape index (κ1) is 28.3. The zero-order valence-corrected chi connectivity index (χ0v) is 16.6. The van der Waals surface area contributed by atoms with Crippen LogP contribution in [-0.2, 0) is 14.3 Å². The number of ether oxygens (including phenoxy) is 1. The van der Waals surface area contributed by atoms with Crippen molar-refractivity contribution in [3.63, 3.8) is 0 Å². The van der Waals surface area contributed by atoms with E-state index >= 15 is 0 Å². The molecule has 150 valence electrons. The van der Waals surface area contributed by atoms with Crippen LogP contribution >= 0.6 is 0 Å². The Hall–Kier alpha value is 0.1000. The quantitative estimate of drug-likeness (QED) is 0.166. The van der Waals surface area contributed by atoms with Gasteiger partial charge in [-0.15, -0.1) is 0 Å². The van der Waals surface area contributed by atoms with Gasteiger partial charge in [-0.05, 0) is 13.3 Å².